The number of nitrogens with zero attached hydrogens (tertiary/aromatic N) is 1. The third-order valence-electron chi connectivity index (χ3n) is 6.70. The number of fused-ring (bicyclic) bond motifs is 1. The van der Waals surface area contributed by atoms with Gasteiger partial charge in [-0.1, -0.05) is 30.7 Å². The second-order valence-corrected chi connectivity index (χ2v) is 10.0. The normalized spacial score (nSPS) is 14.0. The molecule has 0 N–H and O–H groups in total. The molecule has 0 amide bonds. The van der Waals surface area contributed by atoms with Crippen molar-refractivity contribution < 1.29 is 19.1 Å². The summed E-state index contributed by atoms with van der Waals surface area (Å²) in [6.45, 7) is 3.85. The van der Waals surface area contributed by atoms with Crippen LogP contribution in [0.1, 0.15) is 45.5 Å². The molecular weight excluding hydrogens is 470 g/mol. The highest BCUT2D eigenvalue weighted by atomic mass is 32.1. The molecule has 1 aliphatic rings. The Labute approximate surface area is 215 Å². The van der Waals surface area contributed by atoms with Gasteiger partial charge in [-0.2, -0.15) is 0 Å². The molecule has 184 valence electrons. The van der Waals surface area contributed by atoms with E-state index in [2.05, 4.69) is 4.90 Å². The molecule has 2 heterocycles. The number of methoxy groups -OCH3 is 1. The predicted octanol–water partition coefficient (Wildman–Crippen LogP) is 6.49. The maximum absolute atomic E-state index is 13.8. The van der Waals surface area contributed by atoms with E-state index >= 15 is 0 Å². The summed E-state index contributed by atoms with van der Waals surface area (Å²) in [7, 11) is 1.62. The van der Waals surface area contributed by atoms with Gasteiger partial charge in [-0.05, 0) is 68.4 Å². The van der Waals surface area contributed by atoms with Gasteiger partial charge in [-0.25, -0.2) is 0 Å². The summed E-state index contributed by atoms with van der Waals surface area (Å²) in [5.41, 5.74) is 2.50. The van der Waals surface area contributed by atoms with Gasteiger partial charge in [0.2, 0.25) is 0 Å². The largest absolute Gasteiger partial charge is 0.497 e. The summed E-state index contributed by atoms with van der Waals surface area (Å²) < 4.78 is 12.3. The van der Waals surface area contributed by atoms with Crippen molar-refractivity contribution in [2.75, 3.05) is 33.4 Å². The molecule has 6 heteroatoms. The molecular formula is C30H29NO4S. The van der Waals surface area contributed by atoms with E-state index in [1.807, 2.05) is 60.7 Å². The standard InChI is InChI=1S/C30H29NO4S/c1-34-24-13-14-26-27(19-24)36-30(25-8-4-3-7-22(25)20-32)28(26)29(33)21-9-11-23(12-10-21)35-18-17-31-15-5-2-6-16-31/h3-4,7-14,19-20H,2,5-6,15-18H2,1H3. The lowest BCUT2D eigenvalue weighted by Gasteiger charge is -2.26. The highest BCUT2D eigenvalue weighted by Gasteiger charge is 2.23. The molecule has 4 aromatic rings. The first-order chi connectivity index (χ1) is 17.7. The molecule has 5 rings (SSSR count). The molecule has 1 fully saturated rings. The van der Waals surface area contributed by atoms with Gasteiger partial charge in [-0.15, -0.1) is 11.3 Å². The average molecular weight is 500 g/mol. The zero-order valence-electron chi connectivity index (χ0n) is 20.4. The van der Waals surface area contributed by atoms with E-state index in [4.69, 9.17) is 9.47 Å². The van der Waals surface area contributed by atoms with Gasteiger partial charge >= 0.3 is 0 Å². The number of carbonyl (C=O) groups excluding carboxylic acids is 2. The number of hydrogen-bond acceptors (Lipinski definition) is 6. The Balaban J connectivity index is 1.43. The lowest BCUT2D eigenvalue weighted by molar-refractivity contribution is 0.104. The Kier molecular flexibility index (Phi) is 7.44. The molecule has 0 bridgehead atoms. The zero-order chi connectivity index (χ0) is 24.9. The number of carbonyl (C=O) groups is 2. The minimum Gasteiger partial charge on any atom is -0.497 e. The van der Waals surface area contributed by atoms with E-state index < -0.39 is 0 Å². The summed E-state index contributed by atoms with van der Waals surface area (Å²) in [5, 5.41) is 0.850. The van der Waals surface area contributed by atoms with Gasteiger partial charge in [0.25, 0.3) is 0 Å². The van der Waals surface area contributed by atoms with Gasteiger partial charge < -0.3 is 9.47 Å². The molecule has 0 saturated carbocycles. The van der Waals surface area contributed by atoms with Crippen molar-refractivity contribution in [3.8, 4) is 21.9 Å². The fraction of sp³-hybridized carbons (Fsp3) is 0.267. The van der Waals surface area contributed by atoms with E-state index in [-0.39, 0.29) is 5.78 Å². The van der Waals surface area contributed by atoms with Gasteiger partial charge in [0, 0.05) is 43.8 Å². The second-order valence-electron chi connectivity index (χ2n) is 8.98. The van der Waals surface area contributed by atoms with E-state index in [0.29, 0.717) is 23.3 Å². The van der Waals surface area contributed by atoms with Crippen molar-refractivity contribution in [3.05, 3.63) is 83.4 Å². The Bertz CT molecular complexity index is 1370. The monoisotopic (exact) mass is 499 g/mol. The molecule has 3 aromatic carbocycles. The van der Waals surface area contributed by atoms with Crippen LogP contribution in [0.3, 0.4) is 0 Å². The van der Waals surface area contributed by atoms with E-state index in [1.165, 1.54) is 30.6 Å². The lowest BCUT2D eigenvalue weighted by Crippen LogP contribution is -2.33. The van der Waals surface area contributed by atoms with Gasteiger partial charge in [0.15, 0.2) is 12.1 Å². The highest BCUT2D eigenvalue weighted by molar-refractivity contribution is 7.22. The van der Waals surface area contributed by atoms with Crippen molar-refractivity contribution in [2.45, 2.75) is 19.3 Å². The van der Waals surface area contributed by atoms with Crippen LogP contribution in [0.4, 0.5) is 0 Å². The number of aldehydes is 1. The quantitative estimate of drug-likeness (QED) is 0.195. The Morgan fingerprint density at radius 1 is 0.972 bits per heavy atom. The SMILES string of the molecule is COc1ccc2c(C(=O)c3ccc(OCCN4CCCCC4)cc3)c(-c3ccccc3C=O)sc2c1. The number of piperidine rings is 1. The molecule has 5 nitrogen and oxygen atoms in total. The molecule has 1 saturated heterocycles. The number of ketones is 1. The number of benzene rings is 3. The van der Waals surface area contributed by atoms with Crippen LogP contribution in [-0.2, 0) is 0 Å². The topological polar surface area (TPSA) is 55.8 Å². The van der Waals surface area contributed by atoms with Gasteiger partial charge in [-0.3, -0.25) is 14.5 Å². The maximum atomic E-state index is 13.8. The molecule has 0 unspecified atom stereocenters. The minimum absolute atomic E-state index is 0.0815. The van der Waals surface area contributed by atoms with Crippen LogP contribution in [-0.4, -0.2) is 50.3 Å². The van der Waals surface area contributed by atoms with E-state index in [1.54, 1.807) is 13.2 Å². The third-order valence-corrected chi connectivity index (χ3v) is 7.88. The first-order valence-electron chi connectivity index (χ1n) is 12.3. The molecule has 0 aliphatic carbocycles. The predicted molar refractivity (Wildman–Crippen MR) is 145 cm³/mol. The van der Waals surface area contributed by atoms with Gasteiger partial charge in [0.05, 0.1) is 7.11 Å². The van der Waals surface area contributed by atoms with Gasteiger partial charge in [0.1, 0.15) is 18.1 Å². The summed E-state index contributed by atoms with van der Waals surface area (Å²) >= 11 is 1.50. The van der Waals surface area contributed by atoms with Crippen molar-refractivity contribution >= 4 is 33.5 Å². The lowest BCUT2D eigenvalue weighted by atomic mass is 9.96. The molecule has 1 aromatic heterocycles. The molecule has 0 radical (unpaired) electrons. The molecule has 0 atom stereocenters. The number of thiophene rings is 1. The molecule has 0 spiro atoms. The molecule has 1 aliphatic heterocycles. The number of likely N-dealkylation sites (tertiary alicyclic amines) is 1. The summed E-state index contributed by atoms with van der Waals surface area (Å²) in [4.78, 5) is 28.8. The second kappa shape index (κ2) is 11.1. The Morgan fingerprint density at radius 3 is 2.47 bits per heavy atom. The van der Waals surface area contributed by atoms with Crippen LogP contribution in [0.5, 0.6) is 11.5 Å². The van der Waals surface area contributed by atoms with Crippen LogP contribution in [0.25, 0.3) is 20.5 Å². The zero-order valence-corrected chi connectivity index (χ0v) is 21.2. The van der Waals surface area contributed by atoms with Crippen molar-refractivity contribution in [1.29, 1.82) is 0 Å². The average Bonchev–Trinajstić information content (AvgIpc) is 3.32. The first kappa shape index (κ1) is 24.2. The fourth-order valence-electron chi connectivity index (χ4n) is 4.75. The van der Waals surface area contributed by atoms with E-state index in [0.717, 1.165) is 57.9 Å². The van der Waals surface area contributed by atoms with Crippen LogP contribution in [0, 0.1) is 0 Å². The maximum Gasteiger partial charge on any atom is 0.195 e. The number of hydrogen-bond donors (Lipinski definition) is 0. The van der Waals surface area contributed by atoms with Crippen molar-refractivity contribution in [2.24, 2.45) is 0 Å². The number of rotatable bonds is 9. The van der Waals surface area contributed by atoms with Crippen LogP contribution >= 0.6 is 11.3 Å². The Hall–Kier alpha value is -3.48. The van der Waals surface area contributed by atoms with Crippen LogP contribution in [0.15, 0.2) is 66.7 Å². The van der Waals surface area contributed by atoms with Crippen LogP contribution < -0.4 is 9.47 Å². The first-order valence-corrected chi connectivity index (χ1v) is 13.1. The minimum atomic E-state index is -0.0815. The fourth-order valence-corrected chi connectivity index (χ4v) is 6.02. The van der Waals surface area contributed by atoms with Crippen molar-refractivity contribution in [1.82, 2.24) is 4.90 Å². The Morgan fingerprint density at radius 2 is 1.72 bits per heavy atom. The summed E-state index contributed by atoms with van der Waals surface area (Å²) in [6.07, 6.45) is 4.69. The van der Waals surface area contributed by atoms with Crippen molar-refractivity contribution in [3.63, 3.8) is 0 Å². The van der Waals surface area contributed by atoms with E-state index in [9.17, 15) is 9.59 Å². The summed E-state index contributed by atoms with van der Waals surface area (Å²) in [5.74, 6) is 1.40. The smallest absolute Gasteiger partial charge is 0.195 e. The van der Waals surface area contributed by atoms with Crippen LogP contribution in [0.2, 0.25) is 0 Å². The number of ether oxygens (including phenoxy) is 2. The summed E-state index contributed by atoms with van der Waals surface area (Å²) in [6, 6.07) is 20.5. The molecule has 36 heavy (non-hydrogen) atoms. The highest BCUT2D eigenvalue weighted by Crippen LogP contribution is 2.42. The third kappa shape index (κ3) is 5.06.